The van der Waals surface area contributed by atoms with E-state index in [1.807, 2.05) is 36.4 Å². The van der Waals surface area contributed by atoms with Gasteiger partial charge in [0.2, 0.25) is 0 Å². The molecule has 1 N–H and O–H groups in total. The van der Waals surface area contributed by atoms with E-state index in [-0.39, 0.29) is 0 Å². The smallest absolute Gasteiger partial charge is 0.0995 e. The molecule has 0 amide bonds. The number of benzene rings is 2. The summed E-state index contributed by atoms with van der Waals surface area (Å²) in [6.45, 7) is 0.668. The van der Waals surface area contributed by atoms with E-state index in [1.54, 1.807) is 11.8 Å². The first-order valence-corrected chi connectivity index (χ1v) is 6.92. The van der Waals surface area contributed by atoms with Crippen molar-refractivity contribution in [3.05, 3.63) is 59.7 Å². The Labute approximate surface area is 112 Å². The van der Waals surface area contributed by atoms with Gasteiger partial charge in [-0.1, -0.05) is 24.3 Å². The molecule has 2 aromatic carbocycles. The van der Waals surface area contributed by atoms with Crippen molar-refractivity contribution in [2.45, 2.75) is 11.4 Å². The van der Waals surface area contributed by atoms with E-state index < -0.39 is 0 Å². The molecule has 0 spiro atoms. The van der Waals surface area contributed by atoms with E-state index in [4.69, 9.17) is 5.26 Å². The molecule has 2 rings (SSSR count). The molecule has 0 saturated heterocycles. The Hall–Kier alpha value is -1.92. The van der Waals surface area contributed by atoms with Gasteiger partial charge in [-0.25, -0.2) is 0 Å². The maximum atomic E-state index is 9.02. The zero-order chi connectivity index (χ0) is 12.8. The van der Waals surface area contributed by atoms with Crippen LogP contribution in [0.2, 0.25) is 0 Å². The van der Waals surface area contributed by atoms with Gasteiger partial charge in [0.05, 0.1) is 11.6 Å². The number of thioether (sulfide) groups is 1. The Morgan fingerprint density at radius 2 is 2.00 bits per heavy atom. The van der Waals surface area contributed by atoms with E-state index in [0.29, 0.717) is 6.54 Å². The average molecular weight is 254 g/mol. The van der Waals surface area contributed by atoms with Crippen molar-refractivity contribution >= 4 is 17.4 Å². The molecule has 0 bridgehead atoms. The van der Waals surface area contributed by atoms with E-state index >= 15 is 0 Å². The Balaban J connectivity index is 2.09. The summed E-state index contributed by atoms with van der Waals surface area (Å²) in [5.74, 6) is 0. The number of hydrogen-bond donors (Lipinski definition) is 1. The molecule has 0 aliphatic rings. The predicted octanol–water partition coefficient (Wildman–Crippen LogP) is 3.89. The Morgan fingerprint density at radius 1 is 1.17 bits per heavy atom. The lowest BCUT2D eigenvalue weighted by molar-refractivity contribution is 1.13. The molecule has 0 radical (unpaired) electrons. The van der Waals surface area contributed by atoms with Crippen LogP contribution in [0.25, 0.3) is 0 Å². The molecule has 0 aliphatic heterocycles. The normalized spacial score (nSPS) is 9.78. The Morgan fingerprint density at radius 3 is 2.78 bits per heavy atom. The van der Waals surface area contributed by atoms with Crippen LogP contribution in [0.1, 0.15) is 11.1 Å². The first-order chi connectivity index (χ1) is 8.83. The number of anilines is 1. The third-order valence-corrected chi connectivity index (χ3v) is 3.42. The number of nitrogens with zero attached hydrogens (tertiary/aromatic N) is 1. The molecule has 18 heavy (non-hydrogen) atoms. The van der Waals surface area contributed by atoms with Crippen molar-refractivity contribution in [1.82, 2.24) is 0 Å². The molecule has 0 unspecified atom stereocenters. The fourth-order valence-corrected chi connectivity index (χ4v) is 2.17. The molecule has 0 aromatic heterocycles. The van der Waals surface area contributed by atoms with Crippen LogP contribution in [-0.4, -0.2) is 6.26 Å². The molecule has 0 fully saturated rings. The molecule has 2 aromatic rings. The van der Waals surface area contributed by atoms with Crippen LogP contribution in [0.5, 0.6) is 0 Å². The lowest BCUT2D eigenvalue weighted by atomic mass is 10.1. The molecule has 90 valence electrons. The summed E-state index contributed by atoms with van der Waals surface area (Å²) in [5, 5.41) is 12.4. The first kappa shape index (κ1) is 12.5. The van der Waals surface area contributed by atoms with Crippen molar-refractivity contribution in [2.24, 2.45) is 0 Å². The minimum Gasteiger partial charge on any atom is -0.381 e. The van der Waals surface area contributed by atoms with Crippen molar-refractivity contribution < 1.29 is 0 Å². The molecule has 0 atom stereocenters. The van der Waals surface area contributed by atoms with Gasteiger partial charge in [0.15, 0.2) is 0 Å². The summed E-state index contributed by atoms with van der Waals surface area (Å²) in [5.41, 5.74) is 2.83. The minimum absolute atomic E-state index is 0.668. The second-order valence-corrected chi connectivity index (χ2v) is 4.73. The molecule has 0 aliphatic carbocycles. The third kappa shape index (κ3) is 3.06. The van der Waals surface area contributed by atoms with Crippen LogP contribution in [0.3, 0.4) is 0 Å². The maximum Gasteiger partial charge on any atom is 0.0995 e. The second kappa shape index (κ2) is 6.13. The van der Waals surface area contributed by atoms with Crippen molar-refractivity contribution in [3.8, 4) is 6.07 Å². The lowest BCUT2D eigenvalue weighted by Gasteiger charge is -2.08. The SMILES string of the molecule is CSc1cccc(NCc2ccccc2C#N)c1. The molecule has 2 nitrogen and oxygen atoms in total. The van der Waals surface area contributed by atoms with E-state index in [9.17, 15) is 0 Å². The summed E-state index contributed by atoms with van der Waals surface area (Å²) in [6, 6.07) is 18.1. The topological polar surface area (TPSA) is 35.8 Å². The highest BCUT2D eigenvalue weighted by atomic mass is 32.2. The number of hydrogen-bond acceptors (Lipinski definition) is 3. The molecular weight excluding hydrogens is 240 g/mol. The Bertz CT molecular complexity index is 573. The van der Waals surface area contributed by atoms with Gasteiger partial charge in [-0.05, 0) is 36.1 Å². The van der Waals surface area contributed by atoms with Gasteiger partial charge in [-0.3, -0.25) is 0 Å². The average Bonchev–Trinajstić information content (AvgIpc) is 2.45. The largest absolute Gasteiger partial charge is 0.381 e. The van der Waals surface area contributed by atoms with Crippen LogP contribution in [-0.2, 0) is 6.54 Å². The van der Waals surface area contributed by atoms with Gasteiger partial charge < -0.3 is 5.32 Å². The van der Waals surface area contributed by atoms with E-state index in [0.717, 1.165) is 16.8 Å². The molecule has 0 saturated carbocycles. The summed E-state index contributed by atoms with van der Waals surface area (Å²) < 4.78 is 0. The van der Waals surface area contributed by atoms with Gasteiger partial charge in [0.1, 0.15) is 0 Å². The van der Waals surface area contributed by atoms with Crippen LogP contribution in [0.4, 0.5) is 5.69 Å². The highest BCUT2D eigenvalue weighted by Crippen LogP contribution is 2.19. The van der Waals surface area contributed by atoms with Crippen LogP contribution in [0.15, 0.2) is 53.4 Å². The van der Waals surface area contributed by atoms with Crippen molar-refractivity contribution in [3.63, 3.8) is 0 Å². The van der Waals surface area contributed by atoms with Crippen LogP contribution in [0, 0.1) is 11.3 Å². The third-order valence-electron chi connectivity index (χ3n) is 2.69. The monoisotopic (exact) mass is 254 g/mol. The van der Waals surface area contributed by atoms with Gasteiger partial charge in [-0.15, -0.1) is 11.8 Å². The predicted molar refractivity (Wildman–Crippen MR) is 76.7 cm³/mol. The number of nitriles is 1. The van der Waals surface area contributed by atoms with Gasteiger partial charge >= 0.3 is 0 Å². The van der Waals surface area contributed by atoms with Crippen LogP contribution >= 0.6 is 11.8 Å². The summed E-state index contributed by atoms with van der Waals surface area (Å²) in [4.78, 5) is 1.23. The van der Waals surface area contributed by atoms with Crippen molar-refractivity contribution in [1.29, 1.82) is 5.26 Å². The fraction of sp³-hybridized carbons (Fsp3) is 0.133. The second-order valence-electron chi connectivity index (χ2n) is 3.85. The van der Waals surface area contributed by atoms with Crippen LogP contribution < -0.4 is 5.32 Å². The zero-order valence-corrected chi connectivity index (χ0v) is 11.0. The van der Waals surface area contributed by atoms with E-state index in [1.165, 1.54) is 4.90 Å². The molecule has 0 heterocycles. The van der Waals surface area contributed by atoms with Gasteiger partial charge in [0.25, 0.3) is 0 Å². The fourth-order valence-electron chi connectivity index (χ4n) is 1.71. The maximum absolute atomic E-state index is 9.02. The minimum atomic E-state index is 0.668. The van der Waals surface area contributed by atoms with E-state index in [2.05, 4.69) is 29.8 Å². The van der Waals surface area contributed by atoms with Crippen molar-refractivity contribution in [2.75, 3.05) is 11.6 Å². The quantitative estimate of drug-likeness (QED) is 0.841. The highest BCUT2D eigenvalue weighted by Gasteiger charge is 2.00. The van der Waals surface area contributed by atoms with Gasteiger partial charge in [0, 0.05) is 17.1 Å². The molecular formula is C15H14N2S. The number of nitrogens with one attached hydrogen (secondary N) is 1. The first-order valence-electron chi connectivity index (χ1n) is 5.69. The highest BCUT2D eigenvalue weighted by molar-refractivity contribution is 7.98. The summed E-state index contributed by atoms with van der Waals surface area (Å²) >= 11 is 1.72. The zero-order valence-electron chi connectivity index (χ0n) is 10.2. The lowest BCUT2D eigenvalue weighted by Crippen LogP contribution is -2.01. The summed E-state index contributed by atoms with van der Waals surface area (Å²) in [7, 11) is 0. The molecule has 3 heteroatoms. The number of rotatable bonds is 4. The standard InChI is InChI=1S/C15H14N2S/c1-18-15-8-4-7-14(9-15)17-11-13-6-3-2-5-12(13)10-16/h2-9,17H,11H2,1H3. The summed E-state index contributed by atoms with van der Waals surface area (Å²) in [6.07, 6.45) is 2.06. The van der Waals surface area contributed by atoms with Gasteiger partial charge in [-0.2, -0.15) is 5.26 Å². The Kier molecular flexibility index (Phi) is 4.27.